The van der Waals surface area contributed by atoms with Crippen LogP contribution in [0.4, 0.5) is 0 Å². The number of hydrogen-bond donors (Lipinski definition) is 0. The van der Waals surface area contributed by atoms with E-state index in [0.717, 1.165) is 6.42 Å². The summed E-state index contributed by atoms with van der Waals surface area (Å²) < 4.78 is 9.52. The van der Waals surface area contributed by atoms with Gasteiger partial charge in [-0.05, 0) is 0 Å². The summed E-state index contributed by atoms with van der Waals surface area (Å²) in [7, 11) is 0. The van der Waals surface area contributed by atoms with Crippen LogP contribution in [0.5, 0.6) is 0 Å². The molecule has 1 aromatic heterocycles. The van der Waals surface area contributed by atoms with Gasteiger partial charge in [0.2, 0.25) is 0 Å². The van der Waals surface area contributed by atoms with E-state index in [9.17, 15) is 0 Å². The van der Waals surface area contributed by atoms with E-state index in [1.807, 2.05) is 0 Å². The van der Waals surface area contributed by atoms with Gasteiger partial charge in [0, 0.05) is 0 Å². The van der Waals surface area contributed by atoms with Crippen molar-refractivity contribution in [2.24, 2.45) is 0 Å². The number of unbranched alkanes of at least 4 members (excludes halogenated alkanes) is 1. The Labute approximate surface area is 249 Å². The van der Waals surface area contributed by atoms with Gasteiger partial charge in [0.25, 0.3) is 0 Å². The van der Waals surface area contributed by atoms with Crippen molar-refractivity contribution >= 4 is 17.9 Å². The van der Waals surface area contributed by atoms with Gasteiger partial charge in [0.15, 0.2) is 0 Å². The monoisotopic (exact) mass is 718 g/mol. The number of hydrogen-bond acceptors (Lipinski definition) is 1. The molecule has 0 N–H and O–H groups in total. The molecule has 2 aliphatic rings. The molecule has 0 radical (unpaired) electrons. The minimum atomic E-state index is -4.13. The molecule has 0 atom stereocenters. The predicted octanol–water partition coefficient (Wildman–Crippen LogP) is 10.8. The van der Waals surface area contributed by atoms with Crippen LogP contribution in [-0.4, -0.2) is 3.26 Å². The molecule has 212 valence electrons. The third-order valence-corrected chi connectivity index (χ3v) is 37.6. The van der Waals surface area contributed by atoms with Crippen molar-refractivity contribution < 1.29 is 18.0 Å². The Morgan fingerprint density at radius 3 is 2.17 bits per heavy atom. The fourth-order valence-electron chi connectivity index (χ4n) is 7.30. The van der Waals surface area contributed by atoms with E-state index in [2.05, 4.69) is 143 Å². The van der Waals surface area contributed by atoms with Crippen LogP contribution in [0.1, 0.15) is 100 Å². The second-order valence-corrected chi connectivity index (χ2v) is 41.3. The zero-order valence-corrected chi connectivity index (χ0v) is 31.1. The van der Waals surface area contributed by atoms with E-state index in [1.165, 1.54) is 46.4 Å². The van der Waals surface area contributed by atoms with E-state index in [4.69, 9.17) is 0 Å². The number of allylic oxidation sites excluding steroid dienone is 4. The summed E-state index contributed by atoms with van der Waals surface area (Å²) in [6.07, 6.45) is 14.5. The van der Waals surface area contributed by atoms with Crippen LogP contribution in [0.25, 0.3) is 11.1 Å². The maximum atomic E-state index is 2.77. The molecule has 0 bridgehead atoms. The first-order valence-electron chi connectivity index (χ1n) is 15.4. The van der Waals surface area contributed by atoms with E-state index >= 15 is 0 Å². The molecule has 0 saturated carbocycles. The zero-order valence-electron chi connectivity index (χ0n) is 26.7. The van der Waals surface area contributed by atoms with Crippen molar-refractivity contribution in [2.75, 3.05) is 0 Å². The summed E-state index contributed by atoms with van der Waals surface area (Å²) in [4.78, 5) is 3.08. The van der Waals surface area contributed by atoms with Gasteiger partial charge >= 0.3 is 251 Å². The minimum absolute atomic E-state index is 0.0767. The Hall–Kier alpha value is -1.64. The van der Waals surface area contributed by atoms with E-state index in [-0.39, 0.29) is 10.8 Å². The van der Waals surface area contributed by atoms with Gasteiger partial charge in [0.05, 0.1) is 0 Å². The van der Waals surface area contributed by atoms with Crippen molar-refractivity contribution in [2.45, 2.75) is 105 Å². The topological polar surface area (TPSA) is 0 Å². The van der Waals surface area contributed by atoms with Gasteiger partial charge in [-0.1, -0.05) is 0 Å². The normalized spacial score (nSPS) is 15.6. The molecular weight excluding hydrogens is 667 g/mol. The van der Waals surface area contributed by atoms with Crippen molar-refractivity contribution in [3.8, 4) is 11.1 Å². The standard InChI is InChI=1S/C21H25.C10H14S.C5H5.2CH3.Hf/c1-20(2,3)16-7-9-18-14(12-16)11-15-13-17(21(4,5)6)8-10-19(15)18;1-3-5-6-10-8-7-9(4-2)11-10;1-2-4-5-3-1;;;/h7-10,12H,11H2,1-6H3;7-8H,3,5-6H2,1-2H3;1-5H;2*1H3;. The van der Waals surface area contributed by atoms with Gasteiger partial charge in [-0.2, -0.15) is 0 Å². The second kappa shape index (κ2) is 10.3. The van der Waals surface area contributed by atoms with Gasteiger partial charge in [-0.15, -0.1) is 0 Å². The fourth-order valence-corrected chi connectivity index (χ4v) is 32.5. The summed E-state index contributed by atoms with van der Waals surface area (Å²) >= 11 is -2.07. The number of fused-ring (bicyclic) bond motifs is 3. The van der Waals surface area contributed by atoms with Crippen LogP contribution in [0.2, 0.25) is 13.0 Å². The molecule has 3 aromatic rings. The van der Waals surface area contributed by atoms with Gasteiger partial charge in [0.1, 0.15) is 0 Å². The number of rotatable bonds is 6. The van der Waals surface area contributed by atoms with Crippen LogP contribution in [-0.2, 0) is 41.7 Å². The Morgan fingerprint density at radius 2 is 1.55 bits per heavy atom. The molecule has 0 fully saturated rings. The molecular formula is C38H50HfS. The fraction of sp³-hybridized carbons (Fsp3) is 0.447. The van der Waals surface area contributed by atoms with Gasteiger partial charge < -0.3 is 0 Å². The predicted molar refractivity (Wildman–Crippen MR) is 178 cm³/mol. The molecule has 0 aliphatic heterocycles. The van der Waals surface area contributed by atoms with Crippen LogP contribution in [0.3, 0.4) is 0 Å². The first-order chi connectivity index (χ1) is 18.7. The number of aryl methyl sites for hydroxylation is 1. The van der Waals surface area contributed by atoms with E-state index < -0.39 is 18.0 Å². The molecule has 2 aliphatic carbocycles. The third kappa shape index (κ3) is 4.90. The Balaban J connectivity index is 1.85. The van der Waals surface area contributed by atoms with E-state index in [1.54, 1.807) is 22.6 Å². The maximum absolute atomic E-state index is 4.13. The van der Waals surface area contributed by atoms with E-state index in [0.29, 0.717) is 3.67 Å². The summed E-state index contributed by atoms with van der Waals surface area (Å²) in [5, 5.41) is 0. The molecule has 0 unspecified atom stereocenters. The molecule has 1 heterocycles. The Kier molecular flexibility index (Phi) is 7.66. The molecule has 40 heavy (non-hydrogen) atoms. The van der Waals surface area contributed by atoms with Crippen LogP contribution in [0.15, 0.2) is 66.8 Å². The van der Waals surface area contributed by atoms with Crippen molar-refractivity contribution in [3.63, 3.8) is 0 Å². The molecule has 5 rings (SSSR count). The quantitative estimate of drug-likeness (QED) is 0.174. The summed E-state index contributed by atoms with van der Waals surface area (Å²) in [6, 6.07) is 17.2. The van der Waals surface area contributed by atoms with Gasteiger partial charge in [-0.25, -0.2) is 0 Å². The molecule has 0 saturated heterocycles. The first-order valence-corrected chi connectivity index (χ1v) is 29.1. The summed E-state index contributed by atoms with van der Waals surface area (Å²) in [6.45, 7) is 19.1. The number of benzene rings is 2. The van der Waals surface area contributed by atoms with Crippen molar-refractivity contribution in [3.05, 3.63) is 98.8 Å². The van der Waals surface area contributed by atoms with Crippen molar-refractivity contribution in [1.29, 1.82) is 0 Å². The van der Waals surface area contributed by atoms with Gasteiger partial charge in [-0.3, -0.25) is 0 Å². The Morgan fingerprint density at radius 1 is 0.875 bits per heavy atom. The molecule has 0 amide bonds. The second-order valence-electron chi connectivity index (χ2n) is 15.3. The molecule has 2 heteroatoms. The third-order valence-electron chi connectivity index (χ3n) is 10.2. The van der Waals surface area contributed by atoms with Crippen LogP contribution in [0, 0.1) is 0 Å². The zero-order chi connectivity index (χ0) is 29.1. The Bertz CT molecular complexity index is 1570. The van der Waals surface area contributed by atoms with Crippen LogP contribution >= 0.6 is 11.3 Å². The SMILES string of the molecule is CCCCc1ccc([C](C)=[Hf]([CH3])([CH3])([c]2c(C(C)(C)C)ccc3c2Cc2cc(C(C)(C)C)ccc2-3)[CH]2C=CC=C2)s1. The average Bonchev–Trinajstić information content (AvgIpc) is 3.65. The van der Waals surface area contributed by atoms with Crippen LogP contribution < -0.4 is 3.32 Å². The molecule has 0 nitrogen and oxygen atoms in total. The average molecular weight is 717 g/mol. The summed E-state index contributed by atoms with van der Waals surface area (Å²) in [5.41, 5.74) is 9.33. The molecule has 0 spiro atoms. The van der Waals surface area contributed by atoms with Crippen molar-refractivity contribution in [1.82, 2.24) is 0 Å². The number of thiophene rings is 1. The summed E-state index contributed by atoms with van der Waals surface area (Å²) in [5.74, 6) is 0. The first kappa shape index (κ1) is 29.8. The molecule has 2 aromatic carbocycles.